The molecule has 1 aromatic rings. The lowest BCUT2D eigenvalue weighted by atomic mass is 9.90. The van der Waals surface area contributed by atoms with E-state index >= 15 is 0 Å². The molecule has 0 bridgehead atoms. The SMILES string of the molecule is COc1ccc(N2CC(C(=O)N3CCC(C)(C(=O)O)C3)CC2=O)c(OC)c1. The van der Waals surface area contributed by atoms with Crippen LogP contribution in [0.15, 0.2) is 18.2 Å². The molecule has 2 fully saturated rings. The second-order valence-corrected chi connectivity index (χ2v) is 7.32. The van der Waals surface area contributed by atoms with Crippen LogP contribution in [0.3, 0.4) is 0 Å². The maximum Gasteiger partial charge on any atom is 0.311 e. The average molecular weight is 376 g/mol. The zero-order valence-electron chi connectivity index (χ0n) is 15.7. The molecule has 8 heteroatoms. The molecule has 0 saturated carbocycles. The summed E-state index contributed by atoms with van der Waals surface area (Å²) in [4.78, 5) is 39.9. The van der Waals surface area contributed by atoms with Crippen LogP contribution in [0.2, 0.25) is 0 Å². The number of benzene rings is 1. The van der Waals surface area contributed by atoms with Crippen molar-refractivity contribution in [3.63, 3.8) is 0 Å². The van der Waals surface area contributed by atoms with E-state index in [1.54, 1.807) is 42.0 Å². The first-order valence-corrected chi connectivity index (χ1v) is 8.83. The Morgan fingerprint density at radius 1 is 1.26 bits per heavy atom. The van der Waals surface area contributed by atoms with E-state index in [2.05, 4.69) is 0 Å². The standard InChI is InChI=1S/C19H24N2O6/c1-19(18(24)25)6-7-20(11-19)17(23)12-8-16(22)21(10-12)14-5-4-13(26-2)9-15(14)27-3/h4-5,9,12H,6-8,10-11H2,1-3H3,(H,24,25). The molecule has 0 aliphatic carbocycles. The normalized spacial score (nSPS) is 25.0. The van der Waals surface area contributed by atoms with Crippen LogP contribution in [0.4, 0.5) is 5.69 Å². The van der Waals surface area contributed by atoms with Crippen molar-refractivity contribution in [2.24, 2.45) is 11.3 Å². The maximum atomic E-state index is 12.8. The number of nitrogens with zero attached hydrogens (tertiary/aromatic N) is 2. The fourth-order valence-electron chi connectivity index (χ4n) is 3.70. The van der Waals surface area contributed by atoms with Gasteiger partial charge in [-0.3, -0.25) is 14.4 Å². The Labute approximate surface area is 157 Å². The number of hydrogen-bond donors (Lipinski definition) is 1. The zero-order valence-corrected chi connectivity index (χ0v) is 15.7. The lowest BCUT2D eigenvalue weighted by Crippen LogP contribution is -2.39. The molecule has 2 aliphatic heterocycles. The summed E-state index contributed by atoms with van der Waals surface area (Å²) >= 11 is 0. The summed E-state index contributed by atoms with van der Waals surface area (Å²) in [5.74, 6) is -0.596. The first kappa shape index (κ1) is 19.0. The number of rotatable bonds is 5. The van der Waals surface area contributed by atoms with Crippen molar-refractivity contribution in [3.8, 4) is 11.5 Å². The monoisotopic (exact) mass is 376 g/mol. The van der Waals surface area contributed by atoms with E-state index in [1.165, 1.54) is 7.11 Å². The lowest BCUT2D eigenvalue weighted by molar-refractivity contribution is -0.147. The lowest BCUT2D eigenvalue weighted by Gasteiger charge is -2.23. The topological polar surface area (TPSA) is 96.4 Å². The Bertz CT molecular complexity index is 779. The number of likely N-dealkylation sites (tertiary alicyclic amines) is 1. The number of amides is 2. The molecule has 8 nitrogen and oxygen atoms in total. The van der Waals surface area contributed by atoms with Crippen LogP contribution >= 0.6 is 0 Å². The molecule has 2 amide bonds. The summed E-state index contributed by atoms with van der Waals surface area (Å²) in [6, 6.07) is 5.16. The highest BCUT2D eigenvalue weighted by atomic mass is 16.5. The van der Waals surface area contributed by atoms with Crippen molar-refractivity contribution in [1.29, 1.82) is 0 Å². The summed E-state index contributed by atoms with van der Waals surface area (Å²) in [6.07, 6.45) is 0.527. The highest BCUT2D eigenvalue weighted by Crippen LogP contribution is 2.37. The van der Waals surface area contributed by atoms with Gasteiger partial charge in [-0.05, 0) is 25.5 Å². The smallest absolute Gasteiger partial charge is 0.311 e. The first-order chi connectivity index (χ1) is 12.8. The van der Waals surface area contributed by atoms with Crippen LogP contribution in [-0.2, 0) is 14.4 Å². The van der Waals surface area contributed by atoms with Crippen molar-refractivity contribution in [2.75, 3.05) is 38.8 Å². The molecule has 2 heterocycles. The Balaban J connectivity index is 1.74. The fourth-order valence-corrected chi connectivity index (χ4v) is 3.70. The van der Waals surface area contributed by atoms with E-state index in [0.29, 0.717) is 30.2 Å². The summed E-state index contributed by atoms with van der Waals surface area (Å²) in [5.41, 5.74) is -0.327. The number of hydrogen-bond acceptors (Lipinski definition) is 5. The second kappa shape index (κ2) is 7.09. The predicted molar refractivity (Wildman–Crippen MR) is 96.9 cm³/mol. The Hall–Kier alpha value is -2.77. The number of carbonyl (C=O) groups excluding carboxylic acids is 2. The van der Waals surface area contributed by atoms with E-state index < -0.39 is 17.3 Å². The number of carboxylic acid groups (broad SMARTS) is 1. The number of carbonyl (C=O) groups is 3. The number of aliphatic carboxylic acids is 1. The van der Waals surface area contributed by atoms with Gasteiger partial charge >= 0.3 is 5.97 Å². The molecule has 0 spiro atoms. The molecule has 2 aliphatic rings. The largest absolute Gasteiger partial charge is 0.497 e. The van der Waals surface area contributed by atoms with Gasteiger partial charge in [0, 0.05) is 32.1 Å². The highest BCUT2D eigenvalue weighted by Gasteiger charge is 2.45. The number of methoxy groups -OCH3 is 2. The maximum absolute atomic E-state index is 12.8. The Morgan fingerprint density at radius 3 is 2.59 bits per heavy atom. The van der Waals surface area contributed by atoms with E-state index in [1.807, 2.05) is 0 Å². The van der Waals surface area contributed by atoms with E-state index in [4.69, 9.17) is 9.47 Å². The van der Waals surface area contributed by atoms with E-state index in [-0.39, 0.29) is 31.3 Å². The average Bonchev–Trinajstić information content (AvgIpc) is 3.24. The zero-order chi connectivity index (χ0) is 19.8. The van der Waals surface area contributed by atoms with Crippen LogP contribution in [0.1, 0.15) is 19.8 Å². The summed E-state index contributed by atoms with van der Waals surface area (Å²) < 4.78 is 10.5. The van der Waals surface area contributed by atoms with E-state index in [0.717, 1.165) is 0 Å². The van der Waals surface area contributed by atoms with Crippen molar-refractivity contribution in [3.05, 3.63) is 18.2 Å². The van der Waals surface area contributed by atoms with E-state index in [9.17, 15) is 19.5 Å². The van der Waals surface area contributed by atoms with Crippen molar-refractivity contribution in [1.82, 2.24) is 4.90 Å². The first-order valence-electron chi connectivity index (χ1n) is 8.83. The molecule has 27 heavy (non-hydrogen) atoms. The van der Waals surface area contributed by atoms with Crippen LogP contribution in [0.5, 0.6) is 11.5 Å². The van der Waals surface area contributed by atoms with Gasteiger partial charge in [0.2, 0.25) is 11.8 Å². The molecule has 0 aromatic heterocycles. The molecule has 146 valence electrons. The fraction of sp³-hybridized carbons (Fsp3) is 0.526. The molecule has 0 radical (unpaired) electrons. The third-order valence-corrected chi connectivity index (χ3v) is 5.45. The van der Waals surface area contributed by atoms with Gasteiger partial charge in [0.25, 0.3) is 0 Å². The van der Waals surface area contributed by atoms with Gasteiger partial charge in [-0.1, -0.05) is 0 Å². The molecule has 1 aromatic carbocycles. The van der Waals surface area contributed by atoms with Gasteiger partial charge in [-0.2, -0.15) is 0 Å². The summed E-state index contributed by atoms with van der Waals surface area (Å²) in [5, 5.41) is 9.35. The van der Waals surface area contributed by atoms with Crippen LogP contribution in [0, 0.1) is 11.3 Å². The van der Waals surface area contributed by atoms with Crippen LogP contribution < -0.4 is 14.4 Å². The van der Waals surface area contributed by atoms with Gasteiger partial charge in [0.15, 0.2) is 0 Å². The number of anilines is 1. The molecular weight excluding hydrogens is 352 g/mol. The summed E-state index contributed by atoms with van der Waals surface area (Å²) in [7, 11) is 3.06. The molecule has 2 saturated heterocycles. The molecule has 2 unspecified atom stereocenters. The molecular formula is C19H24N2O6. The summed E-state index contributed by atoms with van der Waals surface area (Å²) in [6.45, 7) is 2.48. The second-order valence-electron chi connectivity index (χ2n) is 7.32. The van der Waals surface area contributed by atoms with Gasteiger partial charge in [-0.25, -0.2) is 0 Å². The minimum Gasteiger partial charge on any atom is -0.497 e. The van der Waals surface area contributed by atoms with Crippen molar-refractivity contribution < 1.29 is 29.0 Å². The van der Waals surface area contributed by atoms with Gasteiger partial charge in [0.1, 0.15) is 11.5 Å². The minimum absolute atomic E-state index is 0.105. The van der Waals surface area contributed by atoms with Crippen LogP contribution in [0.25, 0.3) is 0 Å². The minimum atomic E-state index is -0.919. The quantitative estimate of drug-likeness (QED) is 0.834. The van der Waals surface area contributed by atoms with Crippen molar-refractivity contribution >= 4 is 23.5 Å². The van der Waals surface area contributed by atoms with Crippen LogP contribution in [-0.4, -0.2) is 61.6 Å². The molecule has 1 N–H and O–H groups in total. The molecule has 3 rings (SSSR count). The van der Waals surface area contributed by atoms with Crippen molar-refractivity contribution in [2.45, 2.75) is 19.8 Å². The third kappa shape index (κ3) is 3.43. The van der Waals surface area contributed by atoms with Gasteiger partial charge in [0.05, 0.1) is 31.2 Å². The number of ether oxygens (including phenoxy) is 2. The number of carboxylic acids is 1. The highest BCUT2D eigenvalue weighted by molar-refractivity contribution is 6.01. The third-order valence-electron chi connectivity index (χ3n) is 5.45. The Kier molecular flexibility index (Phi) is 4.99. The predicted octanol–water partition coefficient (Wildman–Crippen LogP) is 1.38. The molecule has 2 atom stereocenters. The van der Waals surface area contributed by atoms with Gasteiger partial charge < -0.3 is 24.4 Å². The Morgan fingerprint density at radius 2 is 2.00 bits per heavy atom. The van der Waals surface area contributed by atoms with Gasteiger partial charge in [-0.15, -0.1) is 0 Å².